The van der Waals surface area contributed by atoms with Crippen molar-refractivity contribution in [2.24, 2.45) is 5.92 Å². The molecule has 1 aliphatic rings. The van der Waals surface area contributed by atoms with E-state index in [-0.39, 0.29) is 24.1 Å². The maximum atomic E-state index is 12.8. The maximum absolute atomic E-state index is 12.8. The van der Waals surface area contributed by atoms with Crippen molar-refractivity contribution >= 4 is 28.8 Å². The van der Waals surface area contributed by atoms with E-state index in [9.17, 15) is 9.59 Å². The number of hydrogen-bond acceptors (Lipinski definition) is 4. The van der Waals surface area contributed by atoms with Crippen LogP contribution >= 0.6 is 12.2 Å². The highest BCUT2D eigenvalue weighted by Gasteiger charge is 2.26. The van der Waals surface area contributed by atoms with Crippen LogP contribution in [0.15, 0.2) is 39.9 Å². The second kappa shape index (κ2) is 9.93. The topological polar surface area (TPSA) is 96.2 Å². The average Bonchev–Trinajstić information content (AvgIpc) is 2.72. The summed E-state index contributed by atoms with van der Waals surface area (Å²) in [5.41, 5.74) is 6.48. The zero-order valence-corrected chi connectivity index (χ0v) is 18.5. The number of nitrogen functional groups attached to an aromatic ring is 1. The SMILES string of the molecule is CCCN(C(=S)N[C@H]1CCCC[C@@H]1C)c1c(N)n(Cc2ccccc2)c(=O)[nH]c1=O. The molecule has 0 radical (unpaired) electrons. The lowest BCUT2D eigenvalue weighted by molar-refractivity contribution is 0.309. The first-order valence-electron chi connectivity index (χ1n) is 10.7. The van der Waals surface area contributed by atoms with Gasteiger partial charge >= 0.3 is 5.69 Å². The predicted molar refractivity (Wildman–Crippen MR) is 126 cm³/mol. The first-order chi connectivity index (χ1) is 14.4. The molecule has 1 aliphatic carbocycles. The van der Waals surface area contributed by atoms with E-state index in [0.29, 0.717) is 17.6 Å². The van der Waals surface area contributed by atoms with Crippen molar-refractivity contribution in [1.29, 1.82) is 0 Å². The number of aromatic amines is 1. The molecule has 1 fully saturated rings. The quantitative estimate of drug-likeness (QED) is 0.611. The molecule has 0 unspecified atom stereocenters. The van der Waals surface area contributed by atoms with E-state index in [4.69, 9.17) is 18.0 Å². The highest BCUT2D eigenvalue weighted by Crippen LogP contribution is 2.25. The van der Waals surface area contributed by atoms with Crippen molar-refractivity contribution in [2.75, 3.05) is 17.2 Å². The molecule has 162 valence electrons. The minimum atomic E-state index is -0.527. The summed E-state index contributed by atoms with van der Waals surface area (Å²) in [4.78, 5) is 29.4. The highest BCUT2D eigenvalue weighted by molar-refractivity contribution is 7.80. The van der Waals surface area contributed by atoms with E-state index < -0.39 is 11.2 Å². The van der Waals surface area contributed by atoms with Crippen LogP contribution in [0.2, 0.25) is 0 Å². The third-order valence-corrected chi connectivity index (χ3v) is 6.12. The summed E-state index contributed by atoms with van der Waals surface area (Å²) in [5, 5.41) is 3.94. The summed E-state index contributed by atoms with van der Waals surface area (Å²) in [6.45, 7) is 5.05. The van der Waals surface area contributed by atoms with Crippen molar-refractivity contribution in [3.8, 4) is 0 Å². The highest BCUT2D eigenvalue weighted by atomic mass is 32.1. The monoisotopic (exact) mass is 429 g/mol. The Balaban J connectivity index is 1.95. The first-order valence-corrected chi connectivity index (χ1v) is 11.1. The van der Waals surface area contributed by atoms with E-state index in [1.54, 1.807) is 4.90 Å². The number of nitrogens with one attached hydrogen (secondary N) is 2. The smallest absolute Gasteiger partial charge is 0.330 e. The second-order valence-corrected chi connectivity index (χ2v) is 8.42. The number of H-pyrrole nitrogens is 1. The fraction of sp³-hybridized carbons (Fsp3) is 0.500. The number of nitrogens with two attached hydrogens (primary N) is 1. The van der Waals surface area contributed by atoms with Crippen LogP contribution in [0.3, 0.4) is 0 Å². The number of hydrogen-bond donors (Lipinski definition) is 3. The molecule has 0 aliphatic heterocycles. The van der Waals surface area contributed by atoms with Crippen LogP contribution in [0, 0.1) is 5.92 Å². The molecule has 1 saturated carbocycles. The van der Waals surface area contributed by atoms with E-state index in [2.05, 4.69) is 17.2 Å². The molecule has 2 atom stereocenters. The Morgan fingerprint density at radius 3 is 2.63 bits per heavy atom. The molecule has 1 heterocycles. The van der Waals surface area contributed by atoms with Gasteiger partial charge in [0.15, 0.2) is 10.8 Å². The standard InChI is InChI=1S/C22H31N5O2S/c1-3-13-26(22(30)24-17-12-8-7-9-15(17)2)18-19(23)27(21(29)25-20(18)28)14-16-10-5-4-6-11-16/h4-6,10-11,15,17H,3,7-9,12-14,23H2,1-2H3,(H,24,30)(H,25,28,29)/t15-,17-/m0/s1. The Morgan fingerprint density at radius 1 is 1.27 bits per heavy atom. The van der Waals surface area contributed by atoms with Crippen LogP contribution in [0.25, 0.3) is 0 Å². The largest absolute Gasteiger partial charge is 0.383 e. The zero-order chi connectivity index (χ0) is 21.7. The van der Waals surface area contributed by atoms with Gasteiger partial charge in [-0.3, -0.25) is 14.3 Å². The molecule has 0 bridgehead atoms. The minimum absolute atomic E-state index is 0.127. The fourth-order valence-electron chi connectivity index (χ4n) is 4.07. The molecule has 4 N–H and O–H groups in total. The van der Waals surface area contributed by atoms with E-state index >= 15 is 0 Å². The Kier molecular flexibility index (Phi) is 7.31. The molecule has 1 aromatic heterocycles. The van der Waals surface area contributed by atoms with Crippen LogP contribution < -0.4 is 27.2 Å². The lowest BCUT2D eigenvalue weighted by Gasteiger charge is -2.34. The first kappa shape index (κ1) is 22.1. The van der Waals surface area contributed by atoms with Gasteiger partial charge < -0.3 is 16.0 Å². The van der Waals surface area contributed by atoms with E-state index in [0.717, 1.165) is 18.4 Å². The molecule has 2 aromatic rings. The Hall–Kier alpha value is -2.61. The maximum Gasteiger partial charge on any atom is 0.330 e. The van der Waals surface area contributed by atoms with E-state index in [1.165, 1.54) is 23.8 Å². The number of benzene rings is 1. The van der Waals surface area contributed by atoms with Gasteiger partial charge in [-0.05, 0) is 43.0 Å². The van der Waals surface area contributed by atoms with Crippen molar-refractivity contribution in [2.45, 2.75) is 58.5 Å². The molecular formula is C22H31N5O2S. The summed E-state index contributed by atoms with van der Waals surface area (Å²) in [6.07, 6.45) is 5.41. The van der Waals surface area contributed by atoms with Gasteiger partial charge in [0, 0.05) is 12.6 Å². The summed E-state index contributed by atoms with van der Waals surface area (Å²) in [6, 6.07) is 9.82. The van der Waals surface area contributed by atoms with E-state index in [1.807, 2.05) is 37.3 Å². The summed E-state index contributed by atoms with van der Waals surface area (Å²) in [7, 11) is 0. The number of rotatable bonds is 6. The second-order valence-electron chi connectivity index (χ2n) is 8.03. The summed E-state index contributed by atoms with van der Waals surface area (Å²) >= 11 is 5.70. The van der Waals surface area contributed by atoms with Crippen LogP contribution in [0.4, 0.5) is 11.5 Å². The molecule has 0 spiro atoms. The van der Waals surface area contributed by atoms with Crippen molar-refractivity contribution in [3.05, 3.63) is 56.7 Å². The van der Waals surface area contributed by atoms with Gasteiger partial charge in [0.05, 0.1) is 6.54 Å². The van der Waals surface area contributed by atoms with Crippen LogP contribution in [0.1, 0.15) is 51.5 Å². The molecule has 0 saturated heterocycles. The Bertz CT molecular complexity index is 985. The van der Waals surface area contributed by atoms with Gasteiger partial charge in [0.2, 0.25) is 0 Å². The predicted octanol–water partition coefficient (Wildman–Crippen LogP) is 2.84. The normalized spacial score (nSPS) is 18.7. The third kappa shape index (κ3) is 4.92. The zero-order valence-electron chi connectivity index (χ0n) is 17.7. The minimum Gasteiger partial charge on any atom is -0.383 e. The summed E-state index contributed by atoms with van der Waals surface area (Å²) < 4.78 is 1.39. The molecule has 0 amide bonds. The molecule has 7 nitrogen and oxygen atoms in total. The molecule has 30 heavy (non-hydrogen) atoms. The van der Waals surface area contributed by atoms with Gasteiger partial charge in [0.1, 0.15) is 5.82 Å². The van der Waals surface area contributed by atoms with Crippen LogP contribution in [-0.2, 0) is 6.54 Å². The van der Waals surface area contributed by atoms with Gasteiger partial charge in [-0.25, -0.2) is 4.79 Å². The third-order valence-electron chi connectivity index (χ3n) is 5.78. The number of thiocarbonyl (C=S) groups is 1. The van der Waals surface area contributed by atoms with Gasteiger partial charge in [-0.2, -0.15) is 0 Å². The van der Waals surface area contributed by atoms with Crippen LogP contribution in [0.5, 0.6) is 0 Å². The number of nitrogens with zero attached hydrogens (tertiary/aromatic N) is 2. The van der Waals surface area contributed by atoms with Crippen molar-refractivity contribution < 1.29 is 0 Å². The van der Waals surface area contributed by atoms with Gasteiger partial charge in [-0.15, -0.1) is 0 Å². The Morgan fingerprint density at radius 2 is 1.97 bits per heavy atom. The number of aromatic nitrogens is 2. The van der Waals surface area contributed by atoms with Crippen molar-refractivity contribution in [1.82, 2.24) is 14.9 Å². The van der Waals surface area contributed by atoms with Crippen molar-refractivity contribution in [3.63, 3.8) is 0 Å². The molecule has 1 aromatic carbocycles. The molecule has 8 heteroatoms. The van der Waals surface area contributed by atoms with Gasteiger partial charge in [0.25, 0.3) is 5.56 Å². The summed E-state index contributed by atoms with van der Waals surface area (Å²) in [5.74, 6) is 0.643. The lowest BCUT2D eigenvalue weighted by atomic mass is 9.86. The average molecular weight is 430 g/mol. The van der Waals surface area contributed by atoms with Gasteiger partial charge in [-0.1, -0.05) is 57.0 Å². The molecule has 3 rings (SSSR count). The lowest BCUT2D eigenvalue weighted by Crippen LogP contribution is -2.50. The number of anilines is 2. The van der Waals surface area contributed by atoms with Crippen LogP contribution in [-0.4, -0.2) is 27.3 Å². The Labute approximate surface area is 182 Å². The molecular weight excluding hydrogens is 398 g/mol. The fourth-order valence-corrected chi connectivity index (χ4v) is 4.40.